The second-order valence-corrected chi connectivity index (χ2v) is 6.11. The second kappa shape index (κ2) is 5.09. The van der Waals surface area contributed by atoms with E-state index in [1.807, 2.05) is 19.1 Å². The summed E-state index contributed by atoms with van der Waals surface area (Å²) in [5.74, 6) is -1.66. The van der Waals surface area contributed by atoms with Crippen LogP contribution in [0.15, 0.2) is 30.5 Å². The average Bonchev–Trinajstić information content (AvgIpc) is 3.30. The Balaban J connectivity index is 1.96. The fourth-order valence-electron chi connectivity index (χ4n) is 2.92. The van der Waals surface area contributed by atoms with E-state index >= 15 is 0 Å². The maximum atomic E-state index is 13.7. The molecule has 1 aliphatic carbocycles. The zero-order valence-electron chi connectivity index (χ0n) is 12.6. The highest BCUT2D eigenvalue weighted by atomic mass is 19.2. The molecule has 1 fully saturated rings. The van der Waals surface area contributed by atoms with Gasteiger partial charge in [-0.1, -0.05) is 0 Å². The molecule has 1 unspecified atom stereocenters. The van der Waals surface area contributed by atoms with Crippen molar-refractivity contribution in [2.45, 2.75) is 31.8 Å². The fourth-order valence-corrected chi connectivity index (χ4v) is 2.92. The van der Waals surface area contributed by atoms with Gasteiger partial charge in [0.25, 0.3) is 0 Å². The van der Waals surface area contributed by atoms with Gasteiger partial charge in [-0.05, 0) is 38.0 Å². The van der Waals surface area contributed by atoms with Crippen molar-refractivity contribution >= 4 is 10.9 Å². The van der Waals surface area contributed by atoms with E-state index in [1.165, 1.54) is 12.1 Å². The van der Waals surface area contributed by atoms with Crippen LogP contribution < -0.4 is 5.73 Å². The number of aromatic nitrogens is 3. The van der Waals surface area contributed by atoms with Crippen LogP contribution in [-0.4, -0.2) is 14.8 Å². The monoisotopic (exact) mass is 314 g/mol. The largest absolute Gasteiger partial charge is 0.337 e. The Morgan fingerprint density at radius 3 is 2.61 bits per heavy atom. The van der Waals surface area contributed by atoms with Crippen molar-refractivity contribution in [3.05, 3.63) is 47.8 Å². The summed E-state index contributed by atoms with van der Waals surface area (Å²) in [5, 5.41) is 8.73. The van der Waals surface area contributed by atoms with E-state index in [9.17, 15) is 8.78 Å². The molecule has 1 atom stereocenters. The van der Waals surface area contributed by atoms with Gasteiger partial charge in [-0.2, -0.15) is 10.2 Å². The molecule has 2 heterocycles. The average molecular weight is 314 g/mol. The molecule has 0 amide bonds. The zero-order valence-corrected chi connectivity index (χ0v) is 12.6. The van der Waals surface area contributed by atoms with Crippen LogP contribution in [0.2, 0.25) is 0 Å². The van der Waals surface area contributed by atoms with E-state index in [0.717, 1.165) is 24.1 Å². The summed E-state index contributed by atoms with van der Waals surface area (Å²) >= 11 is 0. The molecule has 3 aromatic rings. The third-order valence-electron chi connectivity index (χ3n) is 4.23. The zero-order chi connectivity index (χ0) is 16.1. The topological polar surface area (TPSA) is 56.7 Å². The van der Waals surface area contributed by atoms with Gasteiger partial charge in [-0.15, -0.1) is 0 Å². The standard InChI is InChI=1S/C17H16F2N4/c1-9(20)15-5-11(8-21-22-15)16-6-10-4-13(18)14(19)7-17(10)23(16)12-2-3-12/h4-9,12H,2-3,20H2,1H3. The number of halogens is 2. The lowest BCUT2D eigenvalue weighted by molar-refractivity contribution is 0.510. The van der Waals surface area contributed by atoms with Crippen molar-refractivity contribution in [2.24, 2.45) is 5.73 Å². The van der Waals surface area contributed by atoms with Crippen LogP contribution in [0.25, 0.3) is 22.2 Å². The van der Waals surface area contributed by atoms with Gasteiger partial charge in [-0.3, -0.25) is 0 Å². The molecule has 0 saturated heterocycles. The normalized spacial score (nSPS) is 16.0. The highest BCUT2D eigenvalue weighted by molar-refractivity contribution is 5.87. The number of nitrogens with zero attached hydrogens (tertiary/aromatic N) is 3. The first kappa shape index (κ1) is 14.3. The van der Waals surface area contributed by atoms with Crippen LogP contribution in [0.1, 0.15) is 37.5 Å². The van der Waals surface area contributed by atoms with E-state index in [1.54, 1.807) is 6.20 Å². The maximum absolute atomic E-state index is 13.7. The smallest absolute Gasteiger partial charge is 0.160 e. The van der Waals surface area contributed by atoms with E-state index in [0.29, 0.717) is 22.6 Å². The molecule has 1 aromatic carbocycles. The number of hydrogen-bond acceptors (Lipinski definition) is 3. The van der Waals surface area contributed by atoms with E-state index in [4.69, 9.17) is 5.73 Å². The molecule has 1 saturated carbocycles. The molecule has 0 aliphatic heterocycles. The summed E-state index contributed by atoms with van der Waals surface area (Å²) in [4.78, 5) is 0. The molecule has 23 heavy (non-hydrogen) atoms. The van der Waals surface area contributed by atoms with Crippen molar-refractivity contribution in [3.63, 3.8) is 0 Å². The number of fused-ring (bicyclic) bond motifs is 1. The minimum atomic E-state index is -0.832. The summed E-state index contributed by atoms with van der Waals surface area (Å²) in [6.45, 7) is 1.84. The van der Waals surface area contributed by atoms with Crippen molar-refractivity contribution in [2.75, 3.05) is 0 Å². The van der Waals surface area contributed by atoms with Crippen LogP contribution in [0, 0.1) is 11.6 Å². The Morgan fingerprint density at radius 1 is 1.17 bits per heavy atom. The lowest BCUT2D eigenvalue weighted by atomic mass is 10.1. The molecule has 1 aliphatic rings. The first-order valence-electron chi connectivity index (χ1n) is 7.63. The number of benzene rings is 1. The summed E-state index contributed by atoms with van der Waals surface area (Å²) in [7, 11) is 0. The van der Waals surface area contributed by atoms with Gasteiger partial charge < -0.3 is 10.3 Å². The summed E-state index contributed by atoms with van der Waals surface area (Å²) in [5.41, 5.74) is 9.02. The molecule has 0 bridgehead atoms. The molecule has 4 nitrogen and oxygen atoms in total. The summed E-state index contributed by atoms with van der Waals surface area (Å²) < 4.78 is 29.3. The van der Waals surface area contributed by atoms with E-state index < -0.39 is 11.6 Å². The first-order chi connectivity index (χ1) is 11.0. The molecule has 6 heteroatoms. The molecular weight excluding hydrogens is 298 g/mol. The molecule has 0 radical (unpaired) electrons. The van der Waals surface area contributed by atoms with Gasteiger partial charge in [0.05, 0.1) is 23.1 Å². The van der Waals surface area contributed by atoms with Crippen molar-refractivity contribution in [1.29, 1.82) is 0 Å². The number of hydrogen-bond donors (Lipinski definition) is 1. The van der Waals surface area contributed by atoms with Crippen LogP contribution in [0.3, 0.4) is 0 Å². The van der Waals surface area contributed by atoms with Gasteiger partial charge in [-0.25, -0.2) is 8.78 Å². The highest BCUT2D eigenvalue weighted by Gasteiger charge is 2.28. The van der Waals surface area contributed by atoms with Crippen LogP contribution >= 0.6 is 0 Å². The Morgan fingerprint density at radius 2 is 1.91 bits per heavy atom. The Kier molecular flexibility index (Phi) is 3.16. The lowest BCUT2D eigenvalue weighted by Gasteiger charge is -2.11. The molecule has 4 rings (SSSR count). The van der Waals surface area contributed by atoms with Crippen molar-refractivity contribution in [3.8, 4) is 11.3 Å². The van der Waals surface area contributed by atoms with E-state index in [2.05, 4.69) is 14.8 Å². The molecule has 0 spiro atoms. The van der Waals surface area contributed by atoms with Gasteiger partial charge in [0.15, 0.2) is 11.6 Å². The third-order valence-corrected chi connectivity index (χ3v) is 4.23. The third kappa shape index (κ3) is 2.39. The second-order valence-electron chi connectivity index (χ2n) is 6.11. The van der Waals surface area contributed by atoms with Crippen LogP contribution in [0.5, 0.6) is 0 Å². The predicted molar refractivity (Wildman–Crippen MR) is 83.8 cm³/mol. The number of nitrogens with two attached hydrogens (primary N) is 1. The minimum Gasteiger partial charge on any atom is -0.337 e. The summed E-state index contributed by atoms with van der Waals surface area (Å²) in [6.07, 6.45) is 3.73. The lowest BCUT2D eigenvalue weighted by Crippen LogP contribution is -2.08. The Bertz CT molecular complexity index is 897. The van der Waals surface area contributed by atoms with Gasteiger partial charge in [0.1, 0.15) is 0 Å². The summed E-state index contributed by atoms with van der Waals surface area (Å²) in [6, 6.07) is 6.37. The highest BCUT2D eigenvalue weighted by Crippen LogP contribution is 2.42. The quantitative estimate of drug-likeness (QED) is 0.801. The van der Waals surface area contributed by atoms with Crippen molar-refractivity contribution < 1.29 is 8.78 Å². The number of rotatable bonds is 3. The molecule has 118 valence electrons. The minimum absolute atomic E-state index is 0.226. The SMILES string of the molecule is CC(N)c1cc(-c2cc3cc(F)c(F)cc3n2C2CC2)cnn1. The molecule has 2 aromatic heterocycles. The van der Waals surface area contributed by atoms with Gasteiger partial charge in [0, 0.05) is 29.1 Å². The van der Waals surface area contributed by atoms with Crippen LogP contribution in [0.4, 0.5) is 8.78 Å². The van der Waals surface area contributed by atoms with Crippen LogP contribution in [-0.2, 0) is 0 Å². The van der Waals surface area contributed by atoms with Crippen molar-refractivity contribution in [1.82, 2.24) is 14.8 Å². The molecule has 2 N–H and O–H groups in total. The fraction of sp³-hybridized carbons (Fsp3) is 0.294. The predicted octanol–water partition coefficient (Wildman–Crippen LogP) is 3.73. The van der Waals surface area contributed by atoms with Gasteiger partial charge in [0.2, 0.25) is 0 Å². The maximum Gasteiger partial charge on any atom is 0.160 e. The van der Waals surface area contributed by atoms with E-state index in [-0.39, 0.29) is 6.04 Å². The Labute approximate surface area is 131 Å². The first-order valence-corrected chi connectivity index (χ1v) is 7.63. The Hall–Kier alpha value is -2.34. The van der Waals surface area contributed by atoms with Gasteiger partial charge >= 0.3 is 0 Å². The molecular formula is C17H16F2N4.